The Morgan fingerprint density at radius 2 is 1.91 bits per heavy atom. The molecule has 5 rings (SSSR count). The van der Waals surface area contributed by atoms with Crippen molar-refractivity contribution in [3.8, 4) is 0 Å². The Hall–Kier alpha value is -2.55. The van der Waals surface area contributed by atoms with E-state index in [-0.39, 0.29) is 5.41 Å². The van der Waals surface area contributed by atoms with Gasteiger partial charge >= 0.3 is 0 Å². The predicted molar refractivity (Wildman–Crippen MR) is 88.0 cm³/mol. The SMILES string of the molecule is Cc1ccc2cc3c(cc2n1)C[C@@]1(C=Nc2ncccc21)C3. The summed E-state index contributed by atoms with van der Waals surface area (Å²) in [7, 11) is 0. The molecular formula is C19H15N3. The number of aromatic nitrogens is 2. The first-order valence-electron chi connectivity index (χ1n) is 7.63. The molecular weight excluding hydrogens is 270 g/mol. The van der Waals surface area contributed by atoms with Crippen LogP contribution in [0.1, 0.15) is 22.4 Å². The average Bonchev–Trinajstić information content (AvgIpc) is 3.06. The van der Waals surface area contributed by atoms with Gasteiger partial charge in [-0.1, -0.05) is 12.1 Å². The minimum atomic E-state index is -0.00164. The smallest absolute Gasteiger partial charge is 0.155 e. The van der Waals surface area contributed by atoms with Gasteiger partial charge in [0.05, 0.1) is 5.52 Å². The first kappa shape index (κ1) is 12.0. The summed E-state index contributed by atoms with van der Waals surface area (Å²) in [6, 6.07) is 13.0. The molecule has 1 aliphatic carbocycles. The number of hydrogen-bond acceptors (Lipinski definition) is 3. The highest BCUT2D eigenvalue weighted by Crippen LogP contribution is 2.45. The lowest BCUT2D eigenvalue weighted by atomic mass is 9.81. The van der Waals surface area contributed by atoms with Crippen LogP contribution in [0.5, 0.6) is 0 Å². The zero-order valence-corrected chi connectivity index (χ0v) is 12.4. The lowest BCUT2D eigenvalue weighted by Gasteiger charge is -2.20. The monoisotopic (exact) mass is 285 g/mol. The van der Waals surface area contributed by atoms with Crippen molar-refractivity contribution in [2.24, 2.45) is 4.99 Å². The standard InChI is InChI=1S/C19H15N3/c1-12-4-5-13-7-14-9-19(10-15(14)8-17(13)22-12)11-21-18-16(19)3-2-6-20-18/h2-8,11H,9-10H2,1H3/t19-/m1/s1. The van der Waals surface area contributed by atoms with Gasteiger partial charge < -0.3 is 0 Å². The van der Waals surface area contributed by atoms with Gasteiger partial charge in [0.25, 0.3) is 0 Å². The lowest BCUT2D eigenvalue weighted by Crippen LogP contribution is -2.25. The van der Waals surface area contributed by atoms with Gasteiger partial charge in [0.2, 0.25) is 0 Å². The van der Waals surface area contributed by atoms with Crippen LogP contribution in [0.15, 0.2) is 47.6 Å². The van der Waals surface area contributed by atoms with Gasteiger partial charge in [-0.15, -0.1) is 0 Å². The van der Waals surface area contributed by atoms with E-state index in [9.17, 15) is 0 Å². The average molecular weight is 285 g/mol. The van der Waals surface area contributed by atoms with E-state index < -0.39 is 0 Å². The van der Waals surface area contributed by atoms with Crippen molar-refractivity contribution < 1.29 is 0 Å². The maximum atomic E-state index is 4.67. The van der Waals surface area contributed by atoms with Crippen LogP contribution in [0.3, 0.4) is 0 Å². The van der Waals surface area contributed by atoms with E-state index in [4.69, 9.17) is 0 Å². The molecule has 1 aliphatic heterocycles. The molecule has 22 heavy (non-hydrogen) atoms. The van der Waals surface area contributed by atoms with E-state index >= 15 is 0 Å². The fourth-order valence-corrected chi connectivity index (χ4v) is 3.86. The molecule has 1 atom stereocenters. The molecule has 0 amide bonds. The Kier molecular flexibility index (Phi) is 2.19. The first-order valence-corrected chi connectivity index (χ1v) is 7.63. The second kappa shape index (κ2) is 4.01. The number of benzene rings is 1. The normalized spacial score (nSPS) is 21.5. The second-order valence-electron chi connectivity index (χ2n) is 6.41. The summed E-state index contributed by atoms with van der Waals surface area (Å²) in [6.45, 7) is 2.04. The second-order valence-corrected chi connectivity index (χ2v) is 6.41. The van der Waals surface area contributed by atoms with Crippen molar-refractivity contribution in [3.63, 3.8) is 0 Å². The Morgan fingerprint density at radius 1 is 1.05 bits per heavy atom. The summed E-state index contributed by atoms with van der Waals surface area (Å²) in [5, 5.41) is 1.22. The third-order valence-corrected chi connectivity index (χ3v) is 4.92. The van der Waals surface area contributed by atoms with Crippen LogP contribution in [-0.4, -0.2) is 16.2 Å². The number of fused-ring (bicyclic) bond motifs is 4. The number of rotatable bonds is 0. The Morgan fingerprint density at radius 3 is 2.82 bits per heavy atom. The molecule has 1 aromatic carbocycles. The molecule has 106 valence electrons. The van der Waals surface area contributed by atoms with Gasteiger partial charge in [0, 0.05) is 34.5 Å². The van der Waals surface area contributed by atoms with Crippen molar-refractivity contribution in [2.75, 3.05) is 0 Å². The molecule has 3 heteroatoms. The summed E-state index contributed by atoms with van der Waals surface area (Å²) < 4.78 is 0. The fourth-order valence-electron chi connectivity index (χ4n) is 3.86. The minimum Gasteiger partial charge on any atom is -0.253 e. The van der Waals surface area contributed by atoms with E-state index in [0.29, 0.717) is 0 Å². The molecule has 0 saturated carbocycles. The topological polar surface area (TPSA) is 38.1 Å². The van der Waals surface area contributed by atoms with Crippen LogP contribution < -0.4 is 0 Å². The summed E-state index contributed by atoms with van der Waals surface area (Å²) in [5.74, 6) is 0.883. The highest BCUT2D eigenvalue weighted by atomic mass is 14.9. The quantitative estimate of drug-likeness (QED) is 0.632. The first-order chi connectivity index (χ1) is 10.7. The molecule has 0 N–H and O–H groups in total. The third kappa shape index (κ3) is 1.54. The molecule has 3 heterocycles. The third-order valence-electron chi connectivity index (χ3n) is 4.92. The van der Waals surface area contributed by atoms with Crippen molar-refractivity contribution >= 4 is 22.9 Å². The van der Waals surface area contributed by atoms with Crippen LogP contribution in [0.25, 0.3) is 10.9 Å². The number of hydrogen-bond donors (Lipinski definition) is 0. The number of aliphatic imine (C=N–C) groups is 1. The van der Waals surface area contributed by atoms with E-state index in [2.05, 4.69) is 51.5 Å². The molecule has 2 aliphatic rings. The van der Waals surface area contributed by atoms with Crippen LogP contribution in [0, 0.1) is 6.92 Å². The Balaban J connectivity index is 1.67. The van der Waals surface area contributed by atoms with Gasteiger partial charge in [-0.25, -0.2) is 9.98 Å². The predicted octanol–water partition coefficient (Wildman–Crippen LogP) is 3.69. The van der Waals surface area contributed by atoms with E-state index in [0.717, 1.165) is 29.9 Å². The molecule has 0 unspecified atom stereocenters. The van der Waals surface area contributed by atoms with E-state index in [1.54, 1.807) is 0 Å². The van der Waals surface area contributed by atoms with Gasteiger partial charge in [-0.3, -0.25) is 4.98 Å². The van der Waals surface area contributed by atoms with Gasteiger partial charge in [-0.05, 0) is 55.2 Å². The Bertz CT molecular complexity index is 958. The number of pyridine rings is 2. The Labute approximate surface area is 128 Å². The molecule has 0 bridgehead atoms. The lowest BCUT2D eigenvalue weighted by molar-refractivity contribution is 0.639. The largest absolute Gasteiger partial charge is 0.253 e. The summed E-state index contributed by atoms with van der Waals surface area (Å²) in [4.78, 5) is 13.6. The molecule has 0 saturated heterocycles. The molecule has 0 fully saturated rings. The summed E-state index contributed by atoms with van der Waals surface area (Å²) in [5.41, 5.74) is 6.24. The number of aryl methyl sites for hydroxylation is 1. The van der Waals surface area contributed by atoms with E-state index in [1.807, 2.05) is 19.2 Å². The minimum absolute atomic E-state index is 0.00164. The van der Waals surface area contributed by atoms with Crippen molar-refractivity contribution in [1.29, 1.82) is 0 Å². The molecule has 0 radical (unpaired) electrons. The maximum Gasteiger partial charge on any atom is 0.155 e. The molecule has 3 nitrogen and oxygen atoms in total. The van der Waals surface area contributed by atoms with Crippen LogP contribution in [0.2, 0.25) is 0 Å². The maximum absolute atomic E-state index is 4.67. The van der Waals surface area contributed by atoms with Crippen LogP contribution >= 0.6 is 0 Å². The fraction of sp³-hybridized carbons (Fsp3) is 0.211. The number of nitrogens with zero attached hydrogens (tertiary/aromatic N) is 3. The van der Waals surface area contributed by atoms with Crippen molar-refractivity contribution in [2.45, 2.75) is 25.2 Å². The molecule has 3 aromatic rings. The summed E-state index contributed by atoms with van der Waals surface area (Å²) in [6.07, 6.45) is 5.93. The van der Waals surface area contributed by atoms with Crippen molar-refractivity contribution in [1.82, 2.24) is 9.97 Å². The van der Waals surface area contributed by atoms with Gasteiger partial charge in [0.1, 0.15) is 0 Å². The zero-order valence-electron chi connectivity index (χ0n) is 12.4. The summed E-state index contributed by atoms with van der Waals surface area (Å²) >= 11 is 0. The highest BCUT2D eigenvalue weighted by Gasteiger charge is 2.42. The zero-order chi connectivity index (χ0) is 14.7. The van der Waals surface area contributed by atoms with Gasteiger partial charge in [-0.2, -0.15) is 0 Å². The molecule has 1 spiro atoms. The molecule has 2 aromatic heterocycles. The van der Waals surface area contributed by atoms with E-state index in [1.165, 1.54) is 22.1 Å². The van der Waals surface area contributed by atoms with Crippen LogP contribution in [-0.2, 0) is 18.3 Å². The van der Waals surface area contributed by atoms with Gasteiger partial charge in [0.15, 0.2) is 5.82 Å². The van der Waals surface area contributed by atoms with Crippen molar-refractivity contribution in [3.05, 3.63) is 65.0 Å². The van der Waals surface area contributed by atoms with Crippen LogP contribution in [0.4, 0.5) is 5.82 Å². The highest BCUT2D eigenvalue weighted by molar-refractivity contribution is 5.88.